The van der Waals surface area contributed by atoms with Gasteiger partial charge in [0.05, 0.1) is 25.6 Å². The van der Waals surface area contributed by atoms with Crippen LogP contribution < -0.4 is 29.6 Å². The van der Waals surface area contributed by atoms with E-state index in [1.54, 1.807) is 47.8 Å². The lowest BCUT2D eigenvalue weighted by Gasteiger charge is -2.34. The molecule has 11 heteroatoms. The first-order valence-electron chi connectivity index (χ1n) is 12.6. The molecule has 0 spiro atoms. The Kier molecular flexibility index (Phi) is 8.83. The van der Waals surface area contributed by atoms with E-state index in [1.807, 2.05) is 26.8 Å². The van der Waals surface area contributed by atoms with E-state index in [-0.39, 0.29) is 25.8 Å². The first-order valence-corrected chi connectivity index (χ1v) is 13.5. The maximum atomic E-state index is 13.9. The molecule has 1 aliphatic heterocycles. The van der Waals surface area contributed by atoms with E-state index < -0.39 is 23.4 Å². The highest BCUT2D eigenvalue weighted by Crippen LogP contribution is 2.36. The van der Waals surface area contributed by atoms with Gasteiger partial charge in [0.2, 0.25) is 18.6 Å². The summed E-state index contributed by atoms with van der Waals surface area (Å²) < 4.78 is 21.8. The van der Waals surface area contributed by atoms with Gasteiger partial charge in [-0.15, -0.1) is 11.3 Å². The second-order valence-corrected chi connectivity index (χ2v) is 11.1. The molecule has 1 aliphatic rings. The van der Waals surface area contributed by atoms with Crippen molar-refractivity contribution in [2.24, 2.45) is 0 Å². The number of thiophene rings is 1. The van der Waals surface area contributed by atoms with Gasteiger partial charge >= 0.3 is 0 Å². The fourth-order valence-corrected chi connectivity index (χ4v) is 4.89. The van der Waals surface area contributed by atoms with Crippen molar-refractivity contribution in [3.05, 3.63) is 69.9 Å². The lowest BCUT2D eigenvalue weighted by atomic mass is 10.00. The molecular weight excluding hydrogens is 534 g/mol. The molecule has 212 valence electrons. The number of ether oxygens (including phenoxy) is 4. The second-order valence-electron chi connectivity index (χ2n) is 10.1. The molecule has 10 nitrogen and oxygen atoms in total. The third-order valence-corrected chi connectivity index (χ3v) is 6.91. The van der Waals surface area contributed by atoms with Crippen LogP contribution in [0.25, 0.3) is 0 Å². The highest BCUT2D eigenvalue weighted by Gasteiger charge is 2.34. The van der Waals surface area contributed by atoms with Gasteiger partial charge < -0.3 is 34.5 Å². The number of benzene rings is 2. The van der Waals surface area contributed by atoms with Crippen LogP contribution in [0.5, 0.6) is 23.0 Å². The Hall–Kier alpha value is -4.25. The first kappa shape index (κ1) is 28.8. The number of fused-ring (bicyclic) bond motifs is 1. The van der Waals surface area contributed by atoms with Crippen LogP contribution in [0.1, 0.15) is 47.6 Å². The molecule has 0 fully saturated rings. The molecule has 1 atom stereocenters. The van der Waals surface area contributed by atoms with Gasteiger partial charge in [-0.2, -0.15) is 0 Å². The summed E-state index contributed by atoms with van der Waals surface area (Å²) in [7, 11) is 3.02. The van der Waals surface area contributed by atoms with Crippen LogP contribution >= 0.6 is 11.3 Å². The molecule has 3 amide bonds. The number of nitrogens with one attached hydrogen (secondary N) is 2. The molecule has 3 aromatic rings. The number of rotatable bonds is 10. The average Bonchev–Trinajstić information content (AvgIpc) is 3.62. The summed E-state index contributed by atoms with van der Waals surface area (Å²) in [5.74, 6) is 0.843. The number of hydrogen-bond donors (Lipinski definition) is 2. The fourth-order valence-electron chi connectivity index (χ4n) is 4.25. The average molecular weight is 568 g/mol. The molecule has 1 aromatic heterocycles. The van der Waals surface area contributed by atoms with Crippen molar-refractivity contribution < 1.29 is 33.3 Å². The molecule has 0 bridgehead atoms. The number of amides is 3. The Morgan fingerprint density at radius 3 is 2.42 bits per heavy atom. The van der Waals surface area contributed by atoms with Crippen molar-refractivity contribution in [3.63, 3.8) is 0 Å². The highest BCUT2D eigenvalue weighted by atomic mass is 32.1. The zero-order valence-electron chi connectivity index (χ0n) is 23.1. The Balaban J connectivity index is 1.73. The topological polar surface area (TPSA) is 115 Å². The van der Waals surface area contributed by atoms with Crippen molar-refractivity contribution >= 4 is 29.1 Å². The van der Waals surface area contributed by atoms with Crippen LogP contribution in [0.4, 0.5) is 0 Å². The highest BCUT2D eigenvalue weighted by molar-refractivity contribution is 7.12. The van der Waals surface area contributed by atoms with Gasteiger partial charge in [0, 0.05) is 12.1 Å². The Morgan fingerprint density at radius 2 is 1.75 bits per heavy atom. The van der Waals surface area contributed by atoms with Crippen LogP contribution in [0.15, 0.2) is 53.9 Å². The van der Waals surface area contributed by atoms with Crippen LogP contribution in [0.3, 0.4) is 0 Å². The first-order chi connectivity index (χ1) is 19.1. The summed E-state index contributed by atoms with van der Waals surface area (Å²) in [6.07, 6.45) is 0. The lowest BCUT2D eigenvalue weighted by molar-refractivity contribution is -0.141. The van der Waals surface area contributed by atoms with Crippen molar-refractivity contribution in [2.45, 2.75) is 38.9 Å². The summed E-state index contributed by atoms with van der Waals surface area (Å²) in [6, 6.07) is 12.8. The van der Waals surface area contributed by atoms with Crippen molar-refractivity contribution in [2.75, 3.05) is 27.6 Å². The second kappa shape index (κ2) is 12.3. The largest absolute Gasteiger partial charge is 0.493 e. The summed E-state index contributed by atoms with van der Waals surface area (Å²) in [4.78, 5) is 42.2. The zero-order chi connectivity index (χ0) is 28.9. The molecule has 40 heavy (non-hydrogen) atoms. The van der Waals surface area contributed by atoms with E-state index in [2.05, 4.69) is 10.6 Å². The monoisotopic (exact) mass is 567 g/mol. The Bertz CT molecular complexity index is 1370. The lowest BCUT2D eigenvalue weighted by Crippen LogP contribution is -2.50. The van der Waals surface area contributed by atoms with E-state index in [4.69, 9.17) is 18.9 Å². The predicted octanol–water partition coefficient (Wildman–Crippen LogP) is 3.91. The minimum Gasteiger partial charge on any atom is -0.493 e. The number of methoxy groups -OCH3 is 2. The quantitative estimate of drug-likeness (QED) is 0.382. The summed E-state index contributed by atoms with van der Waals surface area (Å²) in [6.45, 7) is 5.44. The van der Waals surface area contributed by atoms with E-state index in [0.29, 0.717) is 33.4 Å². The van der Waals surface area contributed by atoms with Gasteiger partial charge in [0.1, 0.15) is 6.04 Å². The normalized spacial score (nSPS) is 12.8. The van der Waals surface area contributed by atoms with Crippen LogP contribution in [-0.4, -0.2) is 55.7 Å². The molecule has 2 N–H and O–H groups in total. The number of nitrogens with zero attached hydrogens (tertiary/aromatic N) is 1. The molecule has 2 aromatic carbocycles. The van der Waals surface area contributed by atoms with Gasteiger partial charge in [0.25, 0.3) is 5.91 Å². The van der Waals surface area contributed by atoms with Gasteiger partial charge in [-0.25, -0.2) is 0 Å². The van der Waals surface area contributed by atoms with Gasteiger partial charge in [0.15, 0.2) is 23.0 Å². The number of carbonyl (C=O) groups is 3. The summed E-state index contributed by atoms with van der Waals surface area (Å²) >= 11 is 1.27. The Labute approximate surface area is 237 Å². The maximum absolute atomic E-state index is 13.9. The maximum Gasteiger partial charge on any atom is 0.261 e. The minimum absolute atomic E-state index is 0.0565. The minimum atomic E-state index is -1.06. The molecule has 0 aliphatic carbocycles. The summed E-state index contributed by atoms with van der Waals surface area (Å²) in [5.41, 5.74) is 0.654. The van der Waals surface area contributed by atoms with Gasteiger partial charge in [-0.05, 0) is 67.6 Å². The molecule has 0 saturated heterocycles. The van der Waals surface area contributed by atoms with E-state index in [0.717, 1.165) is 5.56 Å². The molecular formula is C29H33N3O7S. The van der Waals surface area contributed by atoms with Gasteiger partial charge in [-0.3, -0.25) is 14.4 Å². The van der Waals surface area contributed by atoms with Crippen molar-refractivity contribution in [1.82, 2.24) is 15.5 Å². The zero-order valence-corrected chi connectivity index (χ0v) is 23.9. The molecule has 4 rings (SSSR count). The van der Waals surface area contributed by atoms with Crippen LogP contribution in [0, 0.1) is 0 Å². The Morgan fingerprint density at radius 1 is 1.00 bits per heavy atom. The molecule has 0 radical (unpaired) electrons. The molecule has 0 saturated carbocycles. The van der Waals surface area contributed by atoms with Crippen LogP contribution in [-0.2, 0) is 16.1 Å². The van der Waals surface area contributed by atoms with Gasteiger partial charge in [-0.1, -0.05) is 18.2 Å². The van der Waals surface area contributed by atoms with Crippen molar-refractivity contribution in [1.29, 1.82) is 0 Å². The van der Waals surface area contributed by atoms with E-state index >= 15 is 0 Å². The van der Waals surface area contributed by atoms with Crippen LogP contribution in [0.2, 0.25) is 0 Å². The third kappa shape index (κ3) is 6.84. The number of hydrogen-bond acceptors (Lipinski definition) is 8. The molecule has 0 unspecified atom stereocenters. The SMILES string of the molecule is COc1ccc([C@H](C(=O)NC(C)(C)C)N(Cc2ccc3c(c2)OCO3)C(=O)CNC(=O)c2cccs2)cc1OC. The summed E-state index contributed by atoms with van der Waals surface area (Å²) in [5, 5.41) is 7.47. The smallest absolute Gasteiger partial charge is 0.261 e. The molecule has 2 heterocycles. The fraction of sp³-hybridized carbons (Fsp3) is 0.345. The van der Waals surface area contributed by atoms with E-state index in [9.17, 15) is 14.4 Å². The van der Waals surface area contributed by atoms with Crippen molar-refractivity contribution in [3.8, 4) is 23.0 Å². The number of carbonyl (C=O) groups excluding carboxylic acids is 3. The third-order valence-electron chi connectivity index (χ3n) is 6.04. The van der Waals surface area contributed by atoms with E-state index in [1.165, 1.54) is 30.5 Å². The predicted molar refractivity (Wildman–Crippen MR) is 150 cm³/mol. The standard InChI is InChI=1S/C29H33N3O7S/c1-29(2,3)31-28(35)26(19-9-11-20(36-4)22(14-19)37-5)32(16-18-8-10-21-23(13-18)39-17-38-21)25(33)15-30-27(34)24-7-6-12-40-24/h6-14,26H,15-17H2,1-5H3,(H,30,34)(H,31,35)/t26-/m1/s1.